The highest BCUT2D eigenvalue weighted by Gasteiger charge is 2.16. The van der Waals surface area contributed by atoms with E-state index in [9.17, 15) is 9.59 Å². The van der Waals surface area contributed by atoms with E-state index in [-0.39, 0.29) is 18.0 Å². The molecule has 0 spiro atoms. The molecule has 0 saturated heterocycles. The normalized spacial score (nSPS) is 10.9. The number of amides is 3. The maximum absolute atomic E-state index is 11.4. The Morgan fingerprint density at radius 1 is 1.25 bits per heavy atom. The molecule has 5 N–H and O–H groups in total. The van der Waals surface area contributed by atoms with Crippen LogP contribution >= 0.6 is 0 Å². The van der Waals surface area contributed by atoms with Gasteiger partial charge in [0.1, 0.15) is 0 Å². The van der Waals surface area contributed by atoms with Crippen molar-refractivity contribution < 1.29 is 9.59 Å². The minimum absolute atomic E-state index is 0.0501. The summed E-state index contributed by atoms with van der Waals surface area (Å²) >= 11 is 0. The van der Waals surface area contributed by atoms with Gasteiger partial charge in [-0.2, -0.15) is 0 Å². The van der Waals surface area contributed by atoms with Crippen LogP contribution < -0.4 is 21.7 Å². The van der Waals surface area contributed by atoms with Crippen LogP contribution in [0, 0.1) is 0 Å². The summed E-state index contributed by atoms with van der Waals surface area (Å²) in [6.45, 7) is 7.14. The molecule has 0 heterocycles. The van der Waals surface area contributed by atoms with E-state index in [1.165, 1.54) is 0 Å². The second-order valence-electron chi connectivity index (χ2n) is 4.25. The number of hydrogen-bond donors (Lipinski definition) is 4. The van der Waals surface area contributed by atoms with Gasteiger partial charge in [-0.15, -0.1) is 0 Å². The molecular weight excluding hydrogens is 208 g/mol. The van der Waals surface area contributed by atoms with Crippen molar-refractivity contribution in [3.05, 3.63) is 0 Å². The van der Waals surface area contributed by atoms with Crippen LogP contribution in [0.2, 0.25) is 0 Å². The zero-order chi connectivity index (χ0) is 12.6. The first-order valence-electron chi connectivity index (χ1n) is 5.42. The molecule has 0 radical (unpaired) electrons. The fraction of sp³-hybridized carbons (Fsp3) is 0.800. The van der Waals surface area contributed by atoms with E-state index in [2.05, 4.69) is 16.0 Å². The molecule has 94 valence electrons. The molecule has 0 aliphatic rings. The van der Waals surface area contributed by atoms with Gasteiger partial charge in [0.15, 0.2) is 0 Å². The molecule has 16 heavy (non-hydrogen) atoms. The summed E-state index contributed by atoms with van der Waals surface area (Å²) in [5.41, 5.74) is 4.70. The van der Waals surface area contributed by atoms with E-state index in [1.807, 2.05) is 20.8 Å². The largest absolute Gasteiger partial charge is 0.352 e. The highest BCUT2D eigenvalue weighted by atomic mass is 16.2. The van der Waals surface area contributed by atoms with Gasteiger partial charge < -0.3 is 21.7 Å². The van der Waals surface area contributed by atoms with Gasteiger partial charge in [-0.1, -0.05) is 6.92 Å². The van der Waals surface area contributed by atoms with Gasteiger partial charge in [0.05, 0.1) is 6.54 Å². The van der Waals surface area contributed by atoms with Crippen LogP contribution in [-0.2, 0) is 4.79 Å². The summed E-state index contributed by atoms with van der Waals surface area (Å²) in [7, 11) is 0. The molecule has 0 unspecified atom stereocenters. The highest BCUT2D eigenvalue weighted by molar-refractivity contribution is 5.78. The van der Waals surface area contributed by atoms with E-state index in [1.54, 1.807) is 0 Å². The minimum Gasteiger partial charge on any atom is -0.352 e. The molecule has 0 aromatic carbocycles. The van der Waals surface area contributed by atoms with Crippen molar-refractivity contribution >= 4 is 11.9 Å². The van der Waals surface area contributed by atoms with Crippen molar-refractivity contribution in [2.24, 2.45) is 5.73 Å². The lowest BCUT2D eigenvalue weighted by molar-refractivity contribution is -0.121. The number of carbonyl (C=O) groups is 2. The Kier molecular flexibility index (Phi) is 6.48. The molecule has 0 aromatic rings. The van der Waals surface area contributed by atoms with Gasteiger partial charge >= 0.3 is 6.03 Å². The quantitative estimate of drug-likeness (QED) is 0.446. The minimum atomic E-state index is -0.557. The second-order valence-corrected chi connectivity index (χ2v) is 4.25. The highest BCUT2D eigenvalue weighted by Crippen LogP contribution is 2.05. The number of hydrogen-bond acceptors (Lipinski definition) is 3. The number of carbonyl (C=O) groups excluding carboxylic acids is 2. The van der Waals surface area contributed by atoms with E-state index in [4.69, 9.17) is 5.73 Å². The lowest BCUT2D eigenvalue weighted by Crippen LogP contribution is -2.47. The molecule has 0 fully saturated rings. The Morgan fingerprint density at radius 2 is 1.88 bits per heavy atom. The van der Waals surface area contributed by atoms with E-state index in [0.29, 0.717) is 13.1 Å². The third-order valence-corrected chi connectivity index (χ3v) is 2.25. The molecule has 0 atom stereocenters. The van der Waals surface area contributed by atoms with Gasteiger partial charge in [0.2, 0.25) is 5.91 Å². The third kappa shape index (κ3) is 8.05. The summed E-state index contributed by atoms with van der Waals surface area (Å²) in [6.07, 6.45) is 0.877. The van der Waals surface area contributed by atoms with Crippen molar-refractivity contribution in [1.29, 1.82) is 0 Å². The van der Waals surface area contributed by atoms with Gasteiger partial charge in [0, 0.05) is 18.6 Å². The first kappa shape index (κ1) is 14.7. The summed E-state index contributed by atoms with van der Waals surface area (Å²) in [4.78, 5) is 21.8. The van der Waals surface area contributed by atoms with E-state index >= 15 is 0 Å². The second kappa shape index (κ2) is 7.05. The summed E-state index contributed by atoms with van der Waals surface area (Å²) in [5, 5.41) is 8.22. The number of nitrogens with one attached hydrogen (secondary N) is 3. The van der Waals surface area contributed by atoms with Crippen LogP contribution in [0.25, 0.3) is 0 Å². The fourth-order valence-corrected chi connectivity index (χ4v) is 0.986. The standard InChI is InChI=1S/C10H22N4O2/c1-4-10(2,3)14-8(15)7-12-5-6-13-9(11)16/h12H,4-7H2,1-3H3,(H,14,15)(H3,11,13,16). The molecule has 0 aromatic heterocycles. The lowest BCUT2D eigenvalue weighted by atomic mass is 10.0. The maximum atomic E-state index is 11.4. The SMILES string of the molecule is CCC(C)(C)NC(=O)CNCCNC(N)=O. The number of rotatable bonds is 7. The summed E-state index contributed by atoms with van der Waals surface area (Å²) in [6, 6.07) is -0.557. The fourth-order valence-electron chi connectivity index (χ4n) is 0.986. The zero-order valence-corrected chi connectivity index (χ0v) is 10.2. The van der Waals surface area contributed by atoms with Crippen molar-refractivity contribution in [2.45, 2.75) is 32.7 Å². The average Bonchev–Trinajstić information content (AvgIpc) is 2.16. The van der Waals surface area contributed by atoms with Gasteiger partial charge in [0.25, 0.3) is 0 Å². The molecular formula is C10H22N4O2. The van der Waals surface area contributed by atoms with Crippen LogP contribution in [0.3, 0.4) is 0 Å². The molecule has 6 nitrogen and oxygen atoms in total. The van der Waals surface area contributed by atoms with Gasteiger partial charge in [-0.25, -0.2) is 4.79 Å². The Morgan fingerprint density at radius 3 is 2.38 bits per heavy atom. The molecule has 0 aliphatic carbocycles. The molecule has 0 aliphatic heterocycles. The maximum Gasteiger partial charge on any atom is 0.312 e. The molecule has 0 saturated carbocycles. The monoisotopic (exact) mass is 230 g/mol. The molecule has 0 rings (SSSR count). The van der Waals surface area contributed by atoms with Crippen LogP contribution in [0.1, 0.15) is 27.2 Å². The Labute approximate surface area is 96.3 Å². The smallest absolute Gasteiger partial charge is 0.312 e. The van der Waals surface area contributed by atoms with Crippen LogP contribution in [0.15, 0.2) is 0 Å². The van der Waals surface area contributed by atoms with E-state index < -0.39 is 6.03 Å². The van der Waals surface area contributed by atoms with Crippen LogP contribution in [-0.4, -0.2) is 37.1 Å². The van der Waals surface area contributed by atoms with Gasteiger partial charge in [-0.3, -0.25) is 4.79 Å². The van der Waals surface area contributed by atoms with Crippen molar-refractivity contribution in [3.63, 3.8) is 0 Å². The number of nitrogens with two attached hydrogens (primary N) is 1. The first-order chi connectivity index (χ1) is 7.37. The van der Waals surface area contributed by atoms with Crippen molar-refractivity contribution in [1.82, 2.24) is 16.0 Å². The molecule has 3 amide bonds. The zero-order valence-electron chi connectivity index (χ0n) is 10.2. The number of urea groups is 1. The van der Waals surface area contributed by atoms with Gasteiger partial charge in [-0.05, 0) is 20.3 Å². The van der Waals surface area contributed by atoms with E-state index in [0.717, 1.165) is 6.42 Å². The van der Waals surface area contributed by atoms with Crippen LogP contribution in [0.4, 0.5) is 4.79 Å². The Balaban J connectivity index is 3.55. The number of primary amides is 1. The van der Waals surface area contributed by atoms with Crippen LogP contribution in [0.5, 0.6) is 0 Å². The lowest BCUT2D eigenvalue weighted by Gasteiger charge is -2.24. The van der Waals surface area contributed by atoms with Crippen molar-refractivity contribution in [2.75, 3.05) is 19.6 Å². The Hall–Kier alpha value is -1.30. The predicted octanol–water partition coefficient (Wildman–Crippen LogP) is -0.451. The molecule has 6 heteroatoms. The predicted molar refractivity (Wildman–Crippen MR) is 63.0 cm³/mol. The average molecular weight is 230 g/mol. The third-order valence-electron chi connectivity index (χ3n) is 2.25. The van der Waals surface area contributed by atoms with Crippen molar-refractivity contribution in [3.8, 4) is 0 Å². The topological polar surface area (TPSA) is 96.2 Å². The first-order valence-corrected chi connectivity index (χ1v) is 5.42. The summed E-state index contributed by atoms with van der Waals surface area (Å²) < 4.78 is 0. The summed E-state index contributed by atoms with van der Waals surface area (Å²) in [5.74, 6) is -0.0501. The molecule has 0 bridgehead atoms. The Bertz CT molecular complexity index is 241.